The van der Waals surface area contributed by atoms with Crippen molar-refractivity contribution in [2.75, 3.05) is 14.2 Å². The molecule has 5 heteroatoms. The molecule has 0 spiro atoms. The first kappa shape index (κ1) is 14.8. The second-order valence-corrected chi connectivity index (χ2v) is 3.90. The van der Waals surface area contributed by atoms with Gasteiger partial charge in [0.25, 0.3) is 0 Å². The van der Waals surface area contributed by atoms with Crippen molar-refractivity contribution >= 4 is 17.4 Å². The first-order valence-electron chi connectivity index (χ1n) is 5.70. The molecule has 0 atom stereocenters. The molecule has 102 valence electrons. The third-order valence-electron chi connectivity index (χ3n) is 2.59. The van der Waals surface area contributed by atoms with E-state index < -0.39 is 5.97 Å². The summed E-state index contributed by atoms with van der Waals surface area (Å²) in [5.41, 5.74) is 1.57. The van der Waals surface area contributed by atoms with Gasteiger partial charge in [0.2, 0.25) is 5.91 Å². The highest BCUT2D eigenvalue weighted by Gasteiger charge is 2.15. The maximum atomic E-state index is 11.7. The largest absolute Gasteiger partial charge is 0.497 e. The summed E-state index contributed by atoms with van der Waals surface area (Å²) in [7, 11) is 2.85. The first-order valence-corrected chi connectivity index (χ1v) is 5.70. The van der Waals surface area contributed by atoms with Gasteiger partial charge in [-0.05, 0) is 30.2 Å². The average molecular weight is 263 g/mol. The van der Waals surface area contributed by atoms with E-state index in [2.05, 4.69) is 10.1 Å². The molecule has 19 heavy (non-hydrogen) atoms. The molecule has 0 aliphatic rings. The fourth-order valence-corrected chi connectivity index (χ4v) is 1.56. The monoisotopic (exact) mass is 263 g/mol. The SMILES string of the molecule is COC(=O)/C(NC(C)=O)=C(/C)c1ccc(OC)cc1. The van der Waals surface area contributed by atoms with Gasteiger partial charge in [-0.1, -0.05) is 12.1 Å². The first-order chi connectivity index (χ1) is 8.99. The number of allylic oxidation sites excluding steroid dienone is 1. The maximum absolute atomic E-state index is 11.7. The zero-order valence-corrected chi connectivity index (χ0v) is 11.4. The molecule has 0 aliphatic heterocycles. The van der Waals surface area contributed by atoms with Gasteiger partial charge in [-0.15, -0.1) is 0 Å². The molecule has 0 saturated heterocycles. The molecule has 0 fully saturated rings. The van der Waals surface area contributed by atoms with Crippen LogP contribution in [0.4, 0.5) is 0 Å². The van der Waals surface area contributed by atoms with Gasteiger partial charge in [0.1, 0.15) is 11.4 Å². The number of hydrogen-bond acceptors (Lipinski definition) is 4. The molecular weight excluding hydrogens is 246 g/mol. The van der Waals surface area contributed by atoms with E-state index in [1.807, 2.05) is 0 Å². The fourth-order valence-electron chi connectivity index (χ4n) is 1.56. The summed E-state index contributed by atoms with van der Waals surface area (Å²) in [5.74, 6) is -0.188. The molecule has 0 aromatic heterocycles. The molecule has 0 aliphatic carbocycles. The zero-order valence-electron chi connectivity index (χ0n) is 11.4. The number of carbonyl (C=O) groups is 2. The van der Waals surface area contributed by atoms with Crippen LogP contribution in [0.15, 0.2) is 30.0 Å². The van der Waals surface area contributed by atoms with Gasteiger partial charge < -0.3 is 14.8 Å². The van der Waals surface area contributed by atoms with E-state index in [9.17, 15) is 9.59 Å². The highest BCUT2D eigenvalue weighted by atomic mass is 16.5. The number of ether oxygens (including phenoxy) is 2. The topological polar surface area (TPSA) is 64.6 Å². The second kappa shape index (κ2) is 6.58. The molecule has 0 bridgehead atoms. The Kier molecular flexibility index (Phi) is 5.11. The molecule has 1 aromatic rings. The number of hydrogen-bond donors (Lipinski definition) is 1. The summed E-state index contributed by atoms with van der Waals surface area (Å²) in [5, 5.41) is 2.49. The average Bonchev–Trinajstić information content (AvgIpc) is 2.43. The second-order valence-electron chi connectivity index (χ2n) is 3.90. The summed E-state index contributed by atoms with van der Waals surface area (Å²) in [6.45, 7) is 3.08. The molecule has 5 nitrogen and oxygen atoms in total. The third kappa shape index (κ3) is 3.84. The number of methoxy groups -OCH3 is 2. The predicted molar refractivity (Wildman–Crippen MR) is 71.4 cm³/mol. The Labute approximate surface area is 112 Å². The smallest absolute Gasteiger partial charge is 0.354 e. The maximum Gasteiger partial charge on any atom is 0.354 e. The van der Waals surface area contributed by atoms with Crippen molar-refractivity contribution in [1.29, 1.82) is 0 Å². The van der Waals surface area contributed by atoms with Crippen molar-refractivity contribution in [2.45, 2.75) is 13.8 Å². The number of carbonyl (C=O) groups excluding carboxylic acids is 2. The molecule has 0 heterocycles. The quantitative estimate of drug-likeness (QED) is 0.663. The molecule has 1 amide bonds. The van der Waals surface area contributed by atoms with Crippen LogP contribution in [-0.2, 0) is 14.3 Å². The Morgan fingerprint density at radius 1 is 1.05 bits per heavy atom. The summed E-state index contributed by atoms with van der Waals surface area (Å²) < 4.78 is 9.73. The summed E-state index contributed by atoms with van der Waals surface area (Å²) in [6.07, 6.45) is 0. The van der Waals surface area contributed by atoms with E-state index in [1.54, 1.807) is 38.3 Å². The Bertz CT molecular complexity index is 503. The van der Waals surface area contributed by atoms with Gasteiger partial charge in [-0.2, -0.15) is 0 Å². The van der Waals surface area contributed by atoms with Crippen molar-refractivity contribution in [3.63, 3.8) is 0 Å². The number of amides is 1. The van der Waals surface area contributed by atoms with Crippen LogP contribution in [-0.4, -0.2) is 26.1 Å². The lowest BCUT2D eigenvalue weighted by atomic mass is 10.0. The fraction of sp³-hybridized carbons (Fsp3) is 0.286. The van der Waals surface area contributed by atoms with Crippen molar-refractivity contribution in [3.05, 3.63) is 35.5 Å². The van der Waals surface area contributed by atoms with Crippen molar-refractivity contribution < 1.29 is 19.1 Å². The van der Waals surface area contributed by atoms with Gasteiger partial charge in [-0.25, -0.2) is 4.79 Å². The highest BCUT2D eigenvalue weighted by Crippen LogP contribution is 2.20. The number of nitrogens with one attached hydrogen (secondary N) is 1. The molecule has 0 radical (unpaired) electrons. The summed E-state index contributed by atoms with van der Waals surface area (Å²) >= 11 is 0. The van der Waals surface area contributed by atoms with Crippen molar-refractivity contribution in [3.8, 4) is 5.75 Å². The van der Waals surface area contributed by atoms with Crippen LogP contribution in [0.5, 0.6) is 5.75 Å². The Balaban J connectivity index is 3.18. The van der Waals surface area contributed by atoms with Gasteiger partial charge >= 0.3 is 5.97 Å². The van der Waals surface area contributed by atoms with E-state index in [0.29, 0.717) is 5.57 Å². The van der Waals surface area contributed by atoms with E-state index in [-0.39, 0.29) is 11.6 Å². The number of rotatable bonds is 4. The van der Waals surface area contributed by atoms with Crippen LogP contribution < -0.4 is 10.1 Å². The standard InChI is InChI=1S/C14H17NO4/c1-9(11-5-7-12(18-3)8-6-11)13(14(17)19-4)15-10(2)16/h5-8H,1-4H3,(H,15,16)/b13-9+. The van der Waals surface area contributed by atoms with Crippen LogP contribution in [0, 0.1) is 0 Å². The predicted octanol–water partition coefficient (Wildman–Crippen LogP) is 1.74. The zero-order chi connectivity index (χ0) is 14.4. The Hall–Kier alpha value is -2.30. The minimum atomic E-state index is -0.580. The lowest BCUT2D eigenvalue weighted by Gasteiger charge is -2.11. The molecular formula is C14H17NO4. The minimum absolute atomic E-state index is 0.139. The van der Waals surface area contributed by atoms with Gasteiger partial charge in [0, 0.05) is 6.92 Å². The molecule has 1 rings (SSSR count). The lowest BCUT2D eigenvalue weighted by molar-refractivity contribution is -0.137. The van der Waals surface area contributed by atoms with Gasteiger partial charge in [-0.3, -0.25) is 4.79 Å². The van der Waals surface area contributed by atoms with Crippen LogP contribution in [0.25, 0.3) is 5.57 Å². The summed E-state index contributed by atoms with van der Waals surface area (Å²) in [4.78, 5) is 22.8. The number of esters is 1. The Morgan fingerprint density at radius 2 is 1.63 bits per heavy atom. The van der Waals surface area contributed by atoms with Gasteiger partial charge in [0.15, 0.2) is 0 Å². The minimum Gasteiger partial charge on any atom is -0.497 e. The third-order valence-corrected chi connectivity index (χ3v) is 2.59. The van der Waals surface area contributed by atoms with Gasteiger partial charge in [0.05, 0.1) is 14.2 Å². The van der Waals surface area contributed by atoms with E-state index in [0.717, 1.165) is 11.3 Å². The van der Waals surface area contributed by atoms with Crippen LogP contribution in [0.2, 0.25) is 0 Å². The van der Waals surface area contributed by atoms with E-state index in [1.165, 1.54) is 14.0 Å². The number of benzene rings is 1. The molecule has 1 N–H and O–H groups in total. The van der Waals surface area contributed by atoms with Crippen LogP contribution in [0.1, 0.15) is 19.4 Å². The normalized spacial score (nSPS) is 11.4. The Morgan fingerprint density at radius 3 is 2.05 bits per heavy atom. The molecule has 0 saturated carbocycles. The highest BCUT2D eigenvalue weighted by molar-refractivity contribution is 6.00. The van der Waals surface area contributed by atoms with E-state index in [4.69, 9.17) is 4.74 Å². The van der Waals surface area contributed by atoms with Crippen molar-refractivity contribution in [2.24, 2.45) is 0 Å². The molecule has 0 unspecified atom stereocenters. The van der Waals surface area contributed by atoms with Crippen LogP contribution >= 0.6 is 0 Å². The van der Waals surface area contributed by atoms with Crippen LogP contribution in [0.3, 0.4) is 0 Å². The lowest BCUT2D eigenvalue weighted by Crippen LogP contribution is -2.26. The summed E-state index contributed by atoms with van der Waals surface area (Å²) in [6, 6.07) is 7.17. The van der Waals surface area contributed by atoms with E-state index >= 15 is 0 Å². The van der Waals surface area contributed by atoms with Crippen molar-refractivity contribution in [1.82, 2.24) is 5.32 Å². The molecule has 1 aromatic carbocycles.